The summed E-state index contributed by atoms with van der Waals surface area (Å²) in [7, 11) is 0. The number of aliphatic imine (C=N–C) groups is 1. The molecular formula is C2H5N7. The van der Waals surface area contributed by atoms with Crippen LogP contribution in [0.5, 0.6) is 0 Å². The quantitative estimate of drug-likeness (QED) is 0.301. The third kappa shape index (κ3) is 1.37. The molecule has 0 bridgehead atoms. The van der Waals surface area contributed by atoms with Crippen molar-refractivity contribution >= 4 is 11.9 Å². The SMILES string of the molecule is NC(N)=Nc1nnn[nH]1. The van der Waals surface area contributed by atoms with E-state index in [9.17, 15) is 0 Å². The van der Waals surface area contributed by atoms with Crippen LogP contribution in [-0.4, -0.2) is 26.6 Å². The molecule has 0 saturated heterocycles. The van der Waals surface area contributed by atoms with Gasteiger partial charge >= 0.3 is 0 Å². The highest BCUT2D eigenvalue weighted by atomic mass is 15.5. The largest absolute Gasteiger partial charge is 0.370 e. The monoisotopic (exact) mass is 127 g/mol. The number of hydrogen-bond acceptors (Lipinski definition) is 4. The summed E-state index contributed by atoms with van der Waals surface area (Å²) < 4.78 is 0. The number of aromatic nitrogens is 4. The van der Waals surface area contributed by atoms with Gasteiger partial charge in [0.1, 0.15) is 0 Å². The Labute approximate surface area is 50.1 Å². The zero-order valence-corrected chi connectivity index (χ0v) is 4.44. The Morgan fingerprint density at radius 1 is 1.56 bits per heavy atom. The summed E-state index contributed by atoms with van der Waals surface area (Å²) in [6.07, 6.45) is 0. The van der Waals surface area contributed by atoms with E-state index in [1.807, 2.05) is 0 Å². The Balaban J connectivity index is 2.80. The molecule has 0 aliphatic rings. The zero-order valence-electron chi connectivity index (χ0n) is 4.44. The zero-order chi connectivity index (χ0) is 6.69. The number of nitrogens with one attached hydrogen (secondary N) is 1. The van der Waals surface area contributed by atoms with Gasteiger partial charge in [-0.25, -0.2) is 5.10 Å². The van der Waals surface area contributed by atoms with Crippen molar-refractivity contribution in [2.45, 2.75) is 0 Å². The minimum Gasteiger partial charge on any atom is -0.370 e. The summed E-state index contributed by atoms with van der Waals surface area (Å²) in [5.74, 6) is 0.128. The van der Waals surface area contributed by atoms with E-state index in [1.54, 1.807) is 0 Å². The van der Waals surface area contributed by atoms with Crippen molar-refractivity contribution in [1.29, 1.82) is 0 Å². The predicted molar refractivity (Wildman–Crippen MR) is 29.6 cm³/mol. The molecule has 7 heteroatoms. The second-order valence-corrected chi connectivity index (χ2v) is 1.26. The summed E-state index contributed by atoms with van der Waals surface area (Å²) in [5.41, 5.74) is 9.99. The number of nitrogens with zero attached hydrogens (tertiary/aromatic N) is 4. The molecule has 0 amide bonds. The van der Waals surface area contributed by atoms with Gasteiger partial charge in [0.05, 0.1) is 0 Å². The van der Waals surface area contributed by atoms with Gasteiger partial charge in [0.25, 0.3) is 5.95 Å². The molecule has 5 N–H and O–H groups in total. The van der Waals surface area contributed by atoms with E-state index in [2.05, 4.69) is 25.6 Å². The lowest BCUT2D eigenvalue weighted by atomic mass is 11.0. The molecule has 7 nitrogen and oxygen atoms in total. The van der Waals surface area contributed by atoms with Gasteiger partial charge < -0.3 is 11.5 Å². The minimum absolute atomic E-state index is 0.0754. The molecule has 1 aromatic rings. The lowest BCUT2D eigenvalue weighted by Gasteiger charge is -1.82. The lowest BCUT2D eigenvalue weighted by molar-refractivity contribution is 0.881. The van der Waals surface area contributed by atoms with Crippen LogP contribution in [0.1, 0.15) is 0 Å². The van der Waals surface area contributed by atoms with Crippen LogP contribution in [-0.2, 0) is 0 Å². The van der Waals surface area contributed by atoms with Gasteiger partial charge in [-0.2, -0.15) is 4.99 Å². The standard InChI is InChI=1S/C2H5N7/c3-1(4)5-2-6-8-9-7-2/h(H5,3,4,5,6,7,8,9). The van der Waals surface area contributed by atoms with Crippen molar-refractivity contribution in [3.63, 3.8) is 0 Å². The van der Waals surface area contributed by atoms with E-state index < -0.39 is 0 Å². The maximum atomic E-state index is 5.00. The van der Waals surface area contributed by atoms with Crippen LogP contribution in [0.3, 0.4) is 0 Å². The maximum Gasteiger partial charge on any atom is 0.269 e. The van der Waals surface area contributed by atoms with Gasteiger partial charge in [-0.15, -0.1) is 0 Å². The maximum absolute atomic E-state index is 5.00. The molecular weight excluding hydrogens is 122 g/mol. The van der Waals surface area contributed by atoms with E-state index in [-0.39, 0.29) is 11.9 Å². The Morgan fingerprint density at radius 2 is 2.33 bits per heavy atom. The summed E-state index contributed by atoms with van der Waals surface area (Å²) in [4.78, 5) is 3.50. The minimum atomic E-state index is -0.0754. The fraction of sp³-hybridized carbons (Fsp3) is 0. The first-order chi connectivity index (χ1) is 4.29. The normalized spacial score (nSPS) is 8.89. The number of nitrogens with two attached hydrogens (primary N) is 2. The summed E-state index contributed by atoms with van der Waals surface area (Å²) in [6.45, 7) is 0. The first-order valence-electron chi connectivity index (χ1n) is 2.12. The van der Waals surface area contributed by atoms with E-state index >= 15 is 0 Å². The number of guanidine groups is 1. The van der Waals surface area contributed by atoms with Crippen LogP contribution in [0.2, 0.25) is 0 Å². The second-order valence-electron chi connectivity index (χ2n) is 1.26. The van der Waals surface area contributed by atoms with Gasteiger partial charge in [0, 0.05) is 0 Å². The van der Waals surface area contributed by atoms with Gasteiger partial charge in [-0.3, -0.25) is 0 Å². The van der Waals surface area contributed by atoms with Crippen molar-refractivity contribution in [2.75, 3.05) is 0 Å². The van der Waals surface area contributed by atoms with Crippen molar-refractivity contribution < 1.29 is 0 Å². The highest BCUT2D eigenvalue weighted by Gasteiger charge is 1.89. The number of rotatable bonds is 1. The van der Waals surface area contributed by atoms with E-state index in [4.69, 9.17) is 11.5 Å². The van der Waals surface area contributed by atoms with Crippen LogP contribution in [0.4, 0.5) is 5.95 Å². The molecule has 0 spiro atoms. The summed E-state index contributed by atoms with van der Waals surface area (Å²) in [6, 6.07) is 0. The molecule has 9 heavy (non-hydrogen) atoms. The Morgan fingerprint density at radius 3 is 2.78 bits per heavy atom. The first kappa shape index (κ1) is 5.48. The van der Waals surface area contributed by atoms with Crippen LogP contribution >= 0.6 is 0 Å². The molecule has 0 saturated carbocycles. The lowest BCUT2D eigenvalue weighted by Crippen LogP contribution is -2.22. The molecule has 1 rings (SSSR count). The Bertz CT molecular complexity index is 193. The average molecular weight is 127 g/mol. The van der Waals surface area contributed by atoms with Crippen LogP contribution in [0, 0.1) is 0 Å². The fourth-order valence-corrected chi connectivity index (χ4v) is 0.324. The Hall–Kier alpha value is -1.66. The van der Waals surface area contributed by atoms with E-state index in [0.717, 1.165) is 0 Å². The third-order valence-electron chi connectivity index (χ3n) is 0.569. The Kier molecular flexibility index (Phi) is 1.26. The molecule has 0 atom stereocenters. The van der Waals surface area contributed by atoms with Crippen LogP contribution in [0.25, 0.3) is 0 Å². The van der Waals surface area contributed by atoms with Crippen molar-refractivity contribution in [2.24, 2.45) is 16.5 Å². The molecule has 48 valence electrons. The molecule has 0 fully saturated rings. The molecule has 1 aromatic heterocycles. The number of aromatic amines is 1. The highest BCUT2D eigenvalue weighted by Crippen LogP contribution is 1.92. The van der Waals surface area contributed by atoms with Crippen molar-refractivity contribution in [1.82, 2.24) is 20.6 Å². The molecule has 0 aromatic carbocycles. The summed E-state index contributed by atoms with van der Waals surface area (Å²) >= 11 is 0. The topological polar surface area (TPSA) is 119 Å². The first-order valence-corrected chi connectivity index (χ1v) is 2.12. The van der Waals surface area contributed by atoms with Gasteiger partial charge in [-0.05, 0) is 10.4 Å². The van der Waals surface area contributed by atoms with E-state index in [0.29, 0.717) is 0 Å². The van der Waals surface area contributed by atoms with Crippen LogP contribution < -0.4 is 11.5 Å². The number of tetrazole rings is 1. The molecule has 0 radical (unpaired) electrons. The fourth-order valence-electron chi connectivity index (χ4n) is 0.324. The van der Waals surface area contributed by atoms with Crippen molar-refractivity contribution in [3.8, 4) is 0 Å². The second kappa shape index (κ2) is 2.07. The third-order valence-corrected chi connectivity index (χ3v) is 0.569. The highest BCUT2D eigenvalue weighted by molar-refractivity contribution is 5.77. The van der Waals surface area contributed by atoms with Crippen molar-refractivity contribution in [3.05, 3.63) is 0 Å². The van der Waals surface area contributed by atoms with Gasteiger partial charge in [0.15, 0.2) is 5.96 Å². The van der Waals surface area contributed by atoms with Crippen LogP contribution in [0.15, 0.2) is 4.99 Å². The number of H-pyrrole nitrogens is 1. The predicted octanol–water partition coefficient (Wildman–Crippen LogP) is -1.90. The van der Waals surface area contributed by atoms with Gasteiger partial charge in [0.2, 0.25) is 0 Å². The van der Waals surface area contributed by atoms with E-state index in [1.165, 1.54) is 0 Å². The molecule has 1 heterocycles. The molecule has 0 aliphatic heterocycles. The number of hydrogen-bond donors (Lipinski definition) is 3. The summed E-state index contributed by atoms with van der Waals surface area (Å²) in [5, 5.41) is 12.2. The van der Waals surface area contributed by atoms with Gasteiger partial charge in [-0.1, -0.05) is 5.10 Å². The smallest absolute Gasteiger partial charge is 0.269 e. The average Bonchev–Trinajstić information content (AvgIpc) is 2.15. The molecule has 0 unspecified atom stereocenters. The molecule has 0 aliphatic carbocycles.